The molecule has 1 aromatic heterocycles. The van der Waals surface area contributed by atoms with Crippen LogP contribution in [0.3, 0.4) is 0 Å². The molecule has 2 heterocycles. The topological polar surface area (TPSA) is 86.9 Å². The predicted octanol–water partition coefficient (Wildman–Crippen LogP) is 2.70. The minimum Gasteiger partial charge on any atom is -0.345 e. The monoisotopic (exact) mass is 306 g/mol. The van der Waals surface area contributed by atoms with Crippen LogP contribution >= 0.6 is 0 Å². The van der Waals surface area contributed by atoms with Crippen molar-refractivity contribution in [2.24, 2.45) is 0 Å². The fourth-order valence-corrected chi connectivity index (χ4v) is 2.74. The van der Waals surface area contributed by atoms with E-state index >= 15 is 0 Å². The smallest absolute Gasteiger partial charge is 0.255 e. The average Bonchev–Trinajstić information content (AvgIpc) is 3.02. The Bertz CT molecular complexity index is 929. The van der Waals surface area contributed by atoms with E-state index in [-0.39, 0.29) is 11.8 Å². The van der Waals surface area contributed by atoms with Crippen LogP contribution in [-0.4, -0.2) is 21.8 Å². The van der Waals surface area contributed by atoms with Gasteiger partial charge in [0.2, 0.25) is 5.91 Å². The molecule has 0 spiro atoms. The molecular weight excluding hydrogens is 292 g/mol. The van der Waals surface area contributed by atoms with Gasteiger partial charge in [0, 0.05) is 23.4 Å². The molecule has 0 fully saturated rings. The molecule has 1 aliphatic heterocycles. The number of fused-ring (bicyclic) bond motifs is 2. The lowest BCUT2D eigenvalue weighted by Crippen LogP contribution is -2.19. The van der Waals surface area contributed by atoms with E-state index < -0.39 is 0 Å². The van der Waals surface area contributed by atoms with Crippen molar-refractivity contribution in [3.63, 3.8) is 0 Å². The van der Waals surface area contributed by atoms with Crippen LogP contribution in [0.5, 0.6) is 0 Å². The van der Waals surface area contributed by atoms with E-state index in [0.717, 1.165) is 28.0 Å². The van der Waals surface area contributed by atoms with Crippen LogP contribution in [-0.2, 0) is 11.2 Å². The maximum absolute atomic E-state index is 12.4. The lowest BCUT2D eigenvalue weighted by molar-refractivity contribution is -0.116. The predicted molar refractivity (Wildman–Crippen MR) is 87.4 cm³/mol. The zero-order valence-electron chi connectivity index (χ0n) is 12.2. The molecule has 0 saturated heterocycles. The van der Waals surface area contributed by atoms with Gasteiger partial charge in [-0.05, 0) is 48.4 Å². The number of carbonyl (C=O) groups excluding carboxylic acids is 2. The second-order valence-corrected chi connectivity index (χ2v) is 5.51. The molecule has 23 heavy (non-hydrogen) atoms. The molecule has 6 heteroatoms. The summed E-state index contributed by atoms with van der Waals surface area (Å²) in [6.45, 7) is 0. The van der Waals surface area contributed by atoms with E-state index in [1.54, 1.807) is 24.5 Å². The number of benzene rings is 2. The second-order valence-electron chi connectivity index (χ2n) is 5.51. The van der Waals surface area contributed by atoms with Gasteiger partial charge >= 0.3 is 0 Å². The average molecular weight is 306 g/mol. The molecule has 6 nitrogen and oxygen atoms in total. The summed E-state index contributed by atoms with van der Waals surface area (Å²) in [4.78, 5) is 30.9. The fraction of sp³-hybridized carbons (Fsp3) is 0.118. The van der Waals surface area contributed by atoms with Crippen molar-refractivity contribution in [3.8, 4) is 0 Å². The lowest BCUT2D eigenvalue weighted by Gasteiger charge is -2.17. The summed E-state index contributed by atoms with van der Waals surface area (Å²) in [6.07, 6.45) is 2.76. The first-order chi connectivity index (χ1) is 11.2. The van der Waals surface area contributed by atoms with Gasteiger partial charge in [-0.15, -0.1) is 0 Å². The molecule has 3 N–H and O–H groups in total. The molecule has 1 aliphatic rings. The Morgan fingerprint density at radius 1 is 1.13 bits per heavy atom. The van der Waals surface area contributed by atoms with Crippen LogP contribution in [0.1, 0.15) is 22.3 Å². The molecule has 2 amide bonds. The number of hydrogen-bond acceptors (Lipinski definition) is 3. The van der Waals surface area contributed by atoms with Crippen molar-refractivity contribution in [1.82, 2.24) is 9.97 Å². The lowest BCUT2D eigenvalue weighted by atomic mass is 10.0. The number of imidazole rings is 1. The Hall–Kier alpha value is -3.15. The highest BCUT2D eigenvalue weighted by Crippen LogP contribution is 2.26. The fourth-order valence-electron chi connectivity index (χ4n) is 2.74. The summed E-state index contributed by atoms with van der Waals surface area (Å²) in [5, 5.41) is 5.72. The zero-order valence-corrected chi connectivity index (χ0v) is 12.2. The van der Waals surface area contributed by atoms with Gasteiger partial charge in [-0.1, -0.05) is 0 Å². The van der Waals surface area contributed by atoms with E-state index in [1.807, 2.05) is 18.2 Å². The number of carbonyl (C=O) groups is 2. The van der Waals surface area contributed by atoms with Crippen molar-refractivity contribution < 1.29 is 9.59 Å². The van der Waals surface area contributed by atoms with Gasteiger partial charge in [0.1, 0.15) is 0 Å². The molecule has 3 aromatic rings. The van der Waals surface area contributed by atoms with E-state index in [2.05, 4.69) is 20.6 Å². The molecular formula is C17H14N4O2. The first kappa shape index (κ1) is 13.5. The second kappa shape index (κ2) is 5.24. The van der Waals surface area contributed by atoms with Crippen molar-refractivity contribution in [2.45, 2.75) is 12.8 Å². The molecule has 0 saturated carbocycles. The largest absolute Gasteiger partial charge is 0.345 e. The van der Waals surface area contributed by atoms with Gasteiger partial charge in [-0.3, -0.25) is 9.59 Å². The molecule has 0 bridgehead atoms. The van der Waals surface area contributed by atoms with Gasteiger partial charge in [-0.25, -0.2) is 4.98 Å². The van der Waals surface area contributed by atoms with Crippen molar-refractivity contribution in [1.29, 1.82) is 0 Å². The highest BCUT2D eigenvalue weighted by Gasteiger charge is 2.15. The molecule has 114 valence electrons. The number of amides is 2. The Morgan fingerprint density at radius 3 is 2.96 bits per heavy atom. The van der Waals surface area contributed by atoms with Crippen LogP contribution in [0.25, 0.3) is 11.0 Å². The summed E-state index contributed by atoms with van der Waals surface area (Å²) < 4.78 is 0. The summed E-state index contributed by atoms with van der Waals surface area (Å²) in [5.74, 6) is -0.150. The highest BCUT2D eigenvalue weighted by atomic mass is 16.2. The van der Waals surface area contributed by atoms with Gasteiger partial charge in [0.25, 0.3) is 5.91 Å². The normalized spacial score (nSPS) is 13.5. The molecule has 0 unspecified atom stereocenters. The molecule has 2 aromatic carbocycles. The quantitative estimate of drug-likeness (QED) is 0.680. The Balaban J connectivity index is 1.57. The van der Waals surface area contributed by atoms with Gasteiger partial charge in [0.15, 0.2) is 0 Å². The molecule has 0 aliphatic carbocycles. The Morgan fingerprint density at radius 2 is 2.04 bits per heavy atom. The van der Waals surface area contributed by atoms with E-state index in [0.29, 0.717) is 18.4 Å². The number of nitrogens with one attached hydrogen (secondary N) is 3. The number of hydrogen-bond donors (Lipinski definition) is 3. The minimum atomic E-state index is -0.179. The number of anilines is 2. The summed E-state index contributed by atoms with van der Waals surface area (Å²) in [6, 6.07) is 10.8. The van der Waals surface area contributed by atoms with Crippen LogP contribution in [0.4, 0.5) is 11.4 Å². The maximum Gasteiger partial charge on any atom is 0.255 e. The maximum atomic E-state index is 12.4. The first-order valence-corrected chi connectivity index (χ1v) is 7.36. The van der Waals surface area contributed by atoms with Crippen LogP contribution in [0.15, 0.2) is 42.7 Å². The SMILES string of the molecule is O=C1CCc2cc(NC(=O)c3ccc4nc[nH]c4c3)ccc2N1. The minimum absolute atomic E-state index is 0.0298. The molecule has 4 rings (SSSR count). The number of aryl methyl sites for hydroxylation is 1. The third-order valence-corrected chi connectivity index (χ3v) is 3.94. The zero-order chi connectivity index (χ0) is 15.8. The molecule has 0 radical (unpaired) electrons. The van der Waals surface area contributed by atoms with Crippen molar-refractivity contribution in [3.05, 3.63) is 53.9 Å². The standard InChI is InChI=1S/C17H14N4O2/c22-16-6-2-10-7-12(3-5-13(10)21-16)20-17(23)11-1-4-14-15(8-11)19-9-18-14/h1,3-5,7-9H,2,6H2,(H,18,19)(H,20,23)(H,21,22). The Labute approximate surface area is 131 Å². The number of nitrogens with zero attached hydrogens (tertiary/aromatic N) is 1. The van der Waals surface area contributed by atoms with Gasteiger partial charge in [0.05, 0.1) is 17.4 Å². The van der Waals surface area contributed by atoms with Gasteiger partial charge in [-0.2, -0.15) is 0 Å². The third-order valence-electron chi connectivity index (χ3n) is 3.94. The first-order valence-electron chi connectivity index (χ1n) is 7.36. The van der Waals surface area contributed by atoms with Gasteiger partial charge < -0.3 is 15.6 Å². The van der Waals surface area contributed by atoms with E-state index in [9.17, 15) is 9.59 Å². The van der Waals surface area contributed by atoms with Crippen LogP contribution in [0, 0.1) is 0 Å². The number of aromatic nitrogens is 2. The number of H-pyrrole nitrogens is 1. The van der Waals surface area contributed by atoms with Crippen LogP contribution in [0.2, 0.25) is 0 Å². The van der Waals surface area contributed by atoms with E-state index in [1.165, 1.54) is 0 Å². The Kier molecular flexibility index (Phi) is 3.08. The summed E-state index contributed by atoms with van der Waals surface area (Å²) in [7, 11) is 0. The van der Waals surface area contributed by atoms with E-state index in [4.69, 9.17) is 0 Å². The summed E-state index contributed by atoms with van der Waals surface area (Å²) >= 11 is 0. The third kappa shape index (κ3) is 2.55. The van der Waals surface area contributed by atoms with Crippen molar-refractivity contribution in [2.75, 3.05) is 10.6 Å². The van der Waals surface area contributed by atoms with Crippen molar-refractivity contribution >= 4 is 34.2 Å². The molecule has 0 atom stereocenters. The number of rotatable bonds is 2. The number of aromatic amines is 1. The highest BCUT2D eigenvalue weighted by molar-refractivity contribution is 6.06. The van der Waals surface area contributed by atoms with Crippen LogP contribution < -0.4 is 10.6 Å². The summed E-state index contributed by atoms with van der Waals surface area (Å²) in [5.41, 5.74) is 4.78.